The Morgan fingerprint density at radius 2 is 1.79 bits per heavy atom. The number of hydrogen-bond acceptors (Lipinski definition) is 3. The summed E-state index contributed by atoms with van der Waals surface area (Å²) in [6.45, 7) is 4.02. The average molecular weight is 303 g/mol. The van der Waals surface area contributed by atoms with E-state index in [1.54, 1.807) is 0 Å². The van der Waals surface area contributed by atoms with Crippen LogP contribution in [0.25, 0.3) is 0 Å². The number of nitrogens with one attached hydrogen (secondary N) is 1. The summed E-state index contributed by atoms with van der Waals surface area (Å²) in [6, 6.07) is 0. The number of carbonyl (C=O) groups excluding carboxylic acids is 1. The molecule has 1 fully saturated rings. The highest BCUT2D eigenvalue weighted by atomic mass is 32.2. The lowest BCUT2D eigenvalue weighted by molar-refractivity contribution is -0.136. The molecule has 1 rings (SSSR count). The lowest BCUT2D eigenvalue weighted by Crippen LogP contribution is -2.47. The molecule has 116 valence electrons. The molecule has 0 aliphatic heterocycles. The minimum atomic E-state index is -5.70. The van der Waals surface area contributed by atoms with E-state index in [1.807, 2.05) is 19.2 Å². The largest absolute Gasteiger partial charge is 0.446 e. The van der Waals surface area contributed by atoms with Crippen LogP contribution in [0, 0.1) is 5.92 Å². The van der Waals surface area contributed by atoms with E-state index in [0.29, 0.717) is 0 Å². The van der Waals surface area contributed by atoms with Crippen LogP contribution in [0.1, 0.15) is 47.4 Å². The summed E-state index contributed by atoms with van der Waals surface area (Å²) in [6.07, 6.45) is 4.71. The van der Waals surface area contributed by atoms with Gasteiger partial charge in [-0.3, -0.25) is 9.35 Å². The normalized spacial score (nSPS) is 17.3. The van der Waals surface area contributed by atoms with Gasteiger partial charge in [0.15, 0.2) is 0 Å². The molecule has 1 saturated carbocycles. The van der Waals surface area contributed by atoms with E-state index in [0.717, 1.165) is 32.1 Å². The van der Waals surface area contributed by atoms with Gasteiger partial charge in [-0.2, -0.15) is 17.2 Å². The van der Waals surface area contributed by atoms with Gasteiger partial charge in [-0.25, -0.2) is 0 Å². The summed E-state index contributed by atoms with van der Waals surface area (Å²) in [7, 11) is -5.70. The molecular formula is C11H23F2NO4S. The van der Waals surface area contributed by atoms with Gasteiger partial charge in [0.1, 0.15) is 0 Å². The van der Waals surface area contributed by atoms with Crippen molar-refractivity contribution in [3.63, 3.8) is 0 Å². The van der Waals surface area contributed by atoms with Crippen LogP contribution in [-0.4, -0.2) is 30.7 Å². The van der Waals surface area contributed by atoms with E-state index >= 15 is 0 Å². The molecule has 0 aromatic rings. The van der Waals surface area contributed by atoms with Crippen LogP contribution in [0.2, 0.25) is 0 Å². The second-order valence-corrected chi connectivity index (χ2v) is 5.67. The van der Waals surface area contributed by atoms with E-state index in [9.17, 15) is 22.0 Å². The third-order valence-electron chi connectivity index (χ3n) is 2.86. The monoisotopic (exact) mass is 303 g/mol. The maximum atomic E-state index is 12.8. The fraction of sp³-hybridized carbons (Fsp3) is 0.909. The minimum Gasteiger partial charge on any atom is -0.350 e. The second-order valence-electron chi connectivity index (χ2n) is 4.21. The summed E-state index contributed by atoms with van der Waals surface area (Å²) >= 11 is 0. The molecule has 19 heavy (non-hydrogen) atoms. The summed E-state index contributed by atoms with van der Waals surface area (Å²) in [5, 5.41) is -2.91. The van der Waals surface area contributed by atoms with E-state index in [1.165, 1.54) is 0 Å². The lowest BCUT2D eigenvalue weighted by Gasteiger charge is -2.22. The number of halogens is 2. The minimum absolute atomic E-state index is 0. The van der Waals surface area contributed by atoms with Crippen molar-refractivity contribution >= 4 is 16.0 Å². The predicted molar refractivity (Wildman–Crippen MR) is 69.5 cm³/mol. The SMILES string of the molecule is CC.O=C(NCC1CCCCC1)C(F)(F)S(=O)(=O)O.[HH]. The van der Waals surface area contributed by atoms with Gasteiger partial charge in [0, 0.05) is 7.97 Å². The molecule has 0 saturated heterocycles. The van der Waals surface area contributed by atoms with Crippen LogP contribution < -0.4 is 5.32 Å². The number of alkyl halides is 2. The maximum Gasteiger partial charge on any atom is 0.446 e. The van der Waals surface area contributed by atoms with Crippen LogP contribution in [0.4, 0.5) is 8.78 Å². The molecule has 0 heterocycles. The van der Waals surface area contributed by atoms with Crippen molar-refractivity contribution in [3.05, 3.63) is 0 Å². The molecule has 5 nitrogen and oxygen atoms in total. The second kappa shape index (κ2) is 7.74. The zero-order valence-electron chi connectivity index (χ0n) is 11.2. The molecule has 0 radical (unpaired) electrons. The number of hydrogen-bond donors (Lipinski definition) is 2. The lowest BCUT2D eigenvalue weighted by atomic mass is 9.89. The smallest absolute Gasteiger partial charge is 0.350 e. The summed E-state index contributed by atoms with van der Waals surface area (Å²) in [4.78, 5) is 11.0. The van der Waals surface area contributed by atoms with Gasteiger partial charge in [0.2, 0.25) is 0 Å². The van der Waals surface area contributed by atoms with Gasteiger partial charge in [0.25, 0.3) is 0 Å². The van der Waals surface area contributed by atoms with Crippen molar-refractivity contribution in [1.29, 1.82) is 0 Å². The molecule has 0 aromatic carbocycles. The van der Waals surface area contributed by atoms with Crippen LogP contribution in [0.15, 0.2) is 0 Å². The first-order chi connectivity index (χ1) is 8.75. The van der Waals surface area contributed by atoms with Crippen LogP contribution in [0.5, 0.6) is 0 Å². The third kappa shape index (κ3) is 5.40. The van der Waals surface area contributed by atoms with E-state index in [2.05, 4.69) is 0 Å². The van der Waals surface area contributed by atoms with Crippen molar-refractivity contribution in [1.82, 2.24) is 5.32 Å². The van der Waals surface area contributed by atoms with Gasteiger partial charge < -0.3 is 5.32 Å². The zero-order valence-corrected chi connectivity index (χ0v) is 12.0. The first-order valence-corrected chi connectivity index (χ1v) is 7.82. The van der Waals surface area contributed by atoms with Crippen molar-refractivity contribution in [2.45, 2.75) is 51.2 Å². The Bertz CT molecular complexity index is 384. The Kier molecular flexibility index (Phi) is 7.43. The summed E-state index contributed by atoms with van der Waals surface area (Å²) in [5.74, 6) is -1.87. The molecule has 8 heteroatoms. The number of carbonyl (C=O) groups is 1. The third-order valence-corrected chi connectivity index (χ3v) is 3.70. The Morgan fingerprint density at radius 3 is 2.21 bits per heavy atom. The number of amides is 1. The molecule has 0 atom stereocenters. The molecule has 0 aromatic heterocycles. The predicted octanol–water partition coefficient (Wildman–Crippen LogP) is 2.44. The van der Waals surface area contributed by atoms with Crippen molar-refractivity contribution < 1.29 is 28.0 Å². The molecule has 2 N–H and O–H groups in total. The Morgan fingerprint density at radius 1 is 1.32 bits per heavy atom. The highest BCUT2D eigenvalue weighted by Crippen LogP contribution is 2.24. The Hall–Kier alpha value is -0.760. The molecule has 1 aliphatic rings. The van der Waals surface area contributed by atoms with Gasteiger partial charge in [0.05, 0.1) is 0 Å². The van der Waals surface area contributed by atoms with Crippen LogP contribution in [0.3, 0.4) is 0 Å². The quantitative estimate of drug-likeness (QED) is 0.781. The van der Waals surface area contributed by atoms with Gasteiger partial charge in [-0.15, -0.1) is 0 Å². The van der Waals surface area contributed by atoms with Gasteiger partial charge in [-0.1, -0.05) is 33.1 Å². The molecule has 0 spiro atoms. The van der Waals surface area contributed by atoms with E-state index < -0.39 is 21.3 Å². The van der Waals surface area contributed by atoms with Crippen molar-refractivity contribution in [2.75, 3.05) is 6.54 Å². The van der Waals surface area contributed by atoms with Crippen molar-refractivity contribution in [3.8, 4) is 0 Å². The van der Waals surface area contributed by atoms with Crippen LogP contribution >= 0.6 is 0 Å². The highest BCUT2D eigenvalue weighted by Gasteiger charge is 2.52. The maximum absolute atomic E-state index is 12.8. The standard InChI is InChI=1S/C9H15F2NO4S.C2H6.H2/c10-9(11,17(14,15)16)8(13)12-6-7-4-2-1-3-5-7;1-2;/h7H,1-6H2,(H,12,13)(H,14,15,16);1-2H3;1H. The average Bonchev–Trinajstić information content (AvgIpc) is 2.38. The Balaban J connectivity index is 0. The Labute approximate surface area is 114 Å². The highest BCUT2D eigenvalue weighted by molar-refractivity contribution is 7.87. The molecular weight excluding hydrogens is 280 g/mol. The van der Waals surface area contributed by atoms with Crippen LogP contribution in [-0.2, 0) is 14.9 Å². The van der Waals surface area contributed by atoms with E-state index in [4.69, 9.17) is 4.55 Å². The number of rotatable bonds is 4. The molecule has 1 amide bonds. The topological polar surface area (TPSA) is 83.5 Å². The fourth-order valence-electron chi connectivity index (χ4n) is 1.85. The molecule has 0 unspecified atom stereocenters. The zero-order chi connectivity index (χ0) is 15.1. The summed E-state index contributed by atoms with van der Waals surface area (Å²) in [5.41, 5.74) is 0. The summed E-state index contributed by atoms with van der Waals surface area (Å²) < 4.78 is 54.5. The molecule has 1 aliphatic carbocycles. The first kappa shape index (κ1) is 18.2. The van der Waals surface area contributed by atoms with Gasteiger partial charge >= 0.3 is 21.3 Å². The molecule has 0 bridgehead atoms. The van der Waals surface area contributed by atoms with E-state index in [-0.39, 0.29) is 13.9 Å². The van der Waals surface area contributed by atoms with Gasteiger partial charge in [-0.05, 0) is 18.8 Å². The fourth-order valence-corrected chi connectivity index (χ4v) is 2.15. The first-order valence-electron chi connectivity index (χ1n) is 6.38. The van der Waals surface area contributed by atoms with Crippen molar-refractivity contribution in [2.24, 2.45) is 5.92 Å².